The van der Waals surface area contributed by atoms with Crippen LogP contribution in [0.5, 0.6) is 0 Å². The third kappa shape index (κ3) is 1.68. The molecule has 0 saturated heterocycles. The van der Waals surface area contributed by atoms with Gasteiger partial charge in [0.1, 0.15) is 0 Å². The number of para-hydroxylation sites is 1. The van der Waals surface area contributed by atoms with Crippen LogP contribution < -0.4 is 0 Å². The fourth-order valence-corrected chi connectivity index (χ4v) is 2.23. The topological polar surface area (TPSA) is 31.2 Å². The second-order valence-electron chi connectivity index (χ2n) is 4.10. The van der Waals surface area contributed by atoms with Gasteiger partial charge in [-0.05, 0) is 18.6 Å². The Morgan fingerprint density at radius 2 is 2.24 bits per heavy atom. The molecule has 0 saturated carbocycles. The lowest BCUT2D eigenvalue weighted by molar-refractivity contribution is 0.0351. The number of nitrogens with zero attached hydrogens (tertiary/aromatic N) is 1. The molecule has 1 aromatic carbocycles. The Kier molecular flexibility index (Phi) is 2.53. The van der Waals surface area contributed by atoms with Crippen molar-refractivity contribution >= 4 is 17.2 Å². The molecular formula is C14H13NO2. The van der Waals surface area contributed by atoms with E-state index in [1.54, 1.807) is 0 Å². The van der Waals surface area contributed by atoms with Crippen LogP contribution in [0.4, 0.5) is 0 Å². The first kappa shape index (κ1) is 10.3. The van der Waals surface area contributed by atoms with E-state index in [0.717, 1.165) is 30.2 Å². The molecule has 1 aromatic heterocycles. The average Bonchev–Trinajstić information content (AvgIpc) is 2.78. The minimum absolute atomic E-state index is 0.0950. The fourth-order valence-electron chi connectivity index (χ4n) is 2.23. The van der Waals surface area contributed by atoms with E-state index in [1.807, 2.05) is 41.1 Å². The lowest BCUT2D eigenvalue weighted by Crippen LogP contribution is -2.13. The molecule has 1 aliphatic rings. The predicted molar refractivity (Wildman–Crippen MR) is 66.1 cm³/mol. The summed E-state index contributed by atoms with van der Waals surface area (Å²) in [5.41, 5.74) is 1.74. The smallest absolute Gasteiger partial charge is 0.153 e. The number of aromatic nitrogens is 1. The first-order valence-electron chi connectivity index (χ1n) is 5.73. The van der Waals surface area contributed by atoms with Gasteiger partial charge in [-0.25, -0.2) is 0 Å². The van der Waals surface area contributed by atoms with Gasteiger partial charge in [-0.2, -0.15) is 0 Å². The van der Waals surface area contributed by atoms with Gasteiger partial charge in [0.2, 0.25) is 0 Å². The number of benzene rings is 1. The Morgan fingerprint density at radius 1 is 1.35 bits per heavy atom. The van der Waals surface area contributed by atoms with Crippen LogP contribution in [0.2, 0.25) is 0 Å². The van der Waals surface area contributed by atoms with Crippen molar-refractivity contribution in [1.82, 2.24) is 4.57 Å². The quantitative estimate of drug-likeness (QED) is 0.583. The standard InChI is InChI=1S/C14H13NO2/c16-10-11-9-15(14-7-3-4-8-17-14)13-6-2-1-5-12(11)13/h1-3,5-7,9-10,14H,4,8H2/t14-/m0/s1. The summed E-state index contributed by atoms with van der Waals surface area (Å²) < 4.78 is 7.70. The number of hydrogen-bond acceptors (Lipinski definition) is 2. The fraction of sp³-hybridized carbons (Fsp3) is 0.214. The second-order valence-corrected chi connectivity index (χ2v) is 4.10. The Balaban J connectivity index is 2.18. The largest absolute Gasteiger partial charge is 0.354 e. The molecule has 3 heteroatoms. The summed E-state index contributed by atoms with van der Waals surface area (Å²) in [6, 6.07) is 7.88. The Hall–Kier alpha value is -1.87. The molecular weight excluding hydrogens is 214 g/mol. The predicted octanol–water partition coefficient (Wildman–Crippen LogP) is 2.93. The van der Waals surface area contributed by atoms with Crippen LogP contribution >= 0.6 is 0 Å². The zero-order valence-electron chi connectivity index (χ0n) is 9.37. The van der Waals surface area contributed by atoms with Crippen LogP contribution in [0.15, 0.2) is 42.6 Å². The number of carbonyl (C=O) groups is 1. The number of rotatable bonds is 2. The summed E-state index contributed by atoms with van der Waals surface area (Å²) in [5, 5.41) is 0.977. The molecule has 86 valence electrons. The van der Waals surface area contributed by atoms with Crippen molar-refractivity contribution in [3.05, 3.63) is 48.2 Å². The van der Waals surface area contributed by atoms with Crippen molar-refractivity contribution in [3.8, 4) is 0 Å². The molecule has 1 aliphatic heterocycles. The Labute approximate surface area is 99.3 Å². The summed E-state index contributed by atoms with van der Waals surface area (Å²) in [4.78, 5) is 11.0. The van der Waals surface area contributed by atoms with Gasteiger partial charge in [0.15, 0.2) is 12.5 Å². The molecule has 0 amide bonds. The molecule has 0 fully saturated rings. The van der Waals surface area contributed by atoms with Crippen LogP contribution in [0.25, 0.3) is 10.9 Å². The van der Waals surface area contributed by atoms with Gasteiger partial charge >= 0.3 is 0 Å². The van der Waals surface area contributed by atoms with Crippen LogP contribution in [0.3, 0.4) is 0 Å². The van der Waals surface area contributed by atoms with Crippen molar-refractivity contribution in [2.75, 3.05) is 6.61 Å². The molecule has 0 aliphatic carbocycles. The first-order valence-corrected chi connectivity index (χ1v) is 5.73. The third-order valence-corrected chi connectivity index (χ3v) is 3.05. The van der Waals surface area contributed by atoms with E-state index >= 15 is 0 Å². The summed E-state index contributed by atoms with van der Waals surface area (Å²) in [7, 11) is 0. The number of aldehydes is 1. The van der Waals surface area contributed by atoms with Crippen LogP contribution in [-0.2, 0) is 4.74 Å². The molecule has 0 N–H and O–H groups in total. The Bertz CT molecular complexity index is 583. The van der Waals surface area contributed by atoms with Crippen LogP contribution in [0.1, 0.15) is 23.0 Å². The maximum atomic E-state index is 11.0. The molecule has 0 bridgehead atoms. The minimum Gasteiger partial charge on any atom is -0.354 e. The molecule has 17 heavy (non-hydrogen) atoms. The third-order valence-electron chi connectivity index (χ3n) is 3.05. The highest BCUT2D eigenvalue weighted by Crippen LogP contribution is 2.26. The monoisotopic (exact) mass is 227 g/mol. The Morgan fingerprint density at radius 3 is 3.00 bits per heavy atom. The van der Waals surface area contributed by atoms with Gasteiger partial charge in [0, 0.05) is 17.1 Å². The van der Waals surface area contributed by atoms with E-state index in [-0.39, 0.29) is 6.23 Å². The highest BCUT2D eigenvalue weighted by molar-refractivity contribution is 5.97. The molecule has 1 atom stereocenters. The van der Waals surface area contributed by atoms with Crippen molar-refractivity contribution in [2.24, 2.45) is 0 Å². The van der Waals surface area contributed by atoms with E-state index < -0.39 is 0 Å². The number of hydrogen-bond donors (Lipinski definition) is 0. The number of carbonyl (C=O) groups excluding carboxylic acids is 1. The van der Waals surface area contributed by atoms with Crippen LogP contribution in [0, 0.1) is 0 Å². The molecule has 0 unspecified atom stereocenters. The average molecular weight is 227 g/mol. The zero-order chi connectivity index (χ0) is 11.7. The highest BCUT2D eigenvalue weighted by atomic mass is 16.5. The molecule has 3 nitrogen and oxygen atoms in total. The maximum absolute atomic E-state index is 11.0. The van der Waals surface area contributed by atoms with Crippen LogP contribution in [-0.4, -0.2) is 17.5 Å². The van der Waals surface area contributed by atoms with Gasteiger partial charge in [-0.3, -0.25) is 4.79 Å². The number of ether oxygens (including phenoxy) is 1. The van der Waals surface area contributed by atoms with E-state index in [0.29, 0.717) is 5.56 Å². The van der Waals surface area contributed by atoms with Crippen molar-refractivity contribution in [3.63, 3.8) is 0 Å². The van der Waals surface area contributed by atoms with Gasteiger partial charge < -0.3 is 9.30 Å². The summed E-state index contributed by atoms with van der Waals surface area (Å²) >= 11 is 0. The minimum atomic E-state index is -0.0950. The van der Waals surface area contributed by atoms with Crippen molar-refractivity contribution < 1.29 is 9.53 Å². The van der Waals surface area contributed by atoms with Gasteiger partial charge in [-0.1, -0.05) is 24.3 Å². The summed E-state index contributed by atoms with van der Waals surface area (Å²) in [5.74, 6) is 0. The summed E-state index contributed by atoms with van der Waals surface area (Å²) in [6.45, 7) is 0.726. The lowest BCUT2D eigenvalue weighted by Gasteiger charge is -2.20. The molecule has 0 radical (unpaired) electrons. The lowest BCUT2D eigenvalue weighted by atomic mass is 10.2. The molecule has 0 spiro atoms. The van der Waals surface area contributed by atoms with Gasteiger partial charge in [0.05, 0.1) is 12.1 Å². The first-order chi connectivity index (χ1) is 8.40. The van der Waals surface area contributed by atoms with Crippen molar-refractivity contribution in [2.45, 2.75) is 12.6 Å². The highest BCUT2D eigenvalue weighted by Gasteiger charge is 2.15. The van der Waals surface area contributed by atoms with Crippen molar-refractivity contribution in [1.29, 1.82) is 0 Å². The molecule has 3 rings (SSSR count). The SMILES string of the molecule is O=Cc1cn([C@@H]2C=CCCO2)c2ccccc12. The van der Waals surface area contributed by atoms with E-state index in [2.05, 4.69) is 6.08 Å². The zero-order valence-corrected chi connectivity index (χ0v) is 9.37. The normalized spacial score (nSPS) is 19.6. The summed E-state index contributed by atoms with van der Waals surface area (Å²) in [6.07, 6.45) is 7.76. The van der Waals surface area contributed by atoms with Gasteiger partial charge in [0.25, 0.3) is 0 Å². The molecule has 2 aromatic rings. The van der Waals surface area contributed by atoms with Gasteiger partial charge in [-0.15, -0.1) is 0 Å². The van der Waals surface area contributed by atoms with E-state index in [1.165, 1.54) is 0 Å². The van der Waals surface area contributed by atoms with E-state index in [9.17, 15) is 4.79 Å². The number of fused-ring (bicyclic) bond motifs is 1. The maximum Gasteiger partial charge on any atom is 0.153 e. The van der Waals surface area contributed by atoms with E-state index in [4.69, 9.17) is 4.74 Å². The molecule has 2 heterocycles. The second kappa shape index (κ2) is 4.18.